The van der Waals surface area contributed by atoms with Crippen molar-refractivity contribution in [2.45, 2.75) is 37.7 Å². The minimum atomic E-state index is -0.0895. The van der Waals surface area contributed by atoms with Gasteiger partial charge in [-0.05, 0) is 35.2 Å². The number of hydrogen-bond acceptors (Lipinski definition) is 2. The number of rotatable bonds is 1. The van der Waals surface area contributed by atoms with Gasteiger partial charge in [0.2, 0.25) is 0 Å². The first kappa shape index (κ1) is 8.27. The Balaban J connectivity index is 2.11. The topological polar surface area (TPSA) is 20.2 Å². The lowest BCUT2D eigenvalue weighted by atomic mass is 9.83. The summed E-state index contributed by atoms with van der Waals surface area (Å²) in [6.45, 7) is 0. The van der Waals surface area contributed by atoms with Crippen molar-refractivity contribution in [1.29, 1.82) is 0 Å². The summed E-state index contributed by atoms with van der Waals surface area (Å²) in [6, 6.07) is 2.14. The second-order valence-corrected chi connectivity index (χ2v) is 4.30. The molecule has 1 nitrogen and oxygen atoms in total. The van der Waals surface area contributed by atoms with E-state index in [0.717, 1.165) is 12.8 Å². The van der Waals surface area contributed by atoms with Crippen LogP contribution in [0.3, 0.4) is 0 Å². The predicted octanol–water partition coefficient (Wildman–Crippen LogP) is 2.77. The van der Waals surface area contributed by atoms with Gasteiger partial charge in [0, 0.05) is 5.92 Å². The molecule has 1 aromatic heterocycles. The highest BCUT2D eigenvalue weighted by Crippen LogP contribution is 2.33. The van der Waals surface area contributed by atoms with Crippen molar-refractivity contribution >= 4 is 11.3 Å². The zero-order valence-electron chi connectivity index (χ0n) is 7.07. The minimum absolute atomic E-state index is 0.0895. The van der Waals surface area contributed by atoms with Gasteiger partial charge in [0.25, 0.3) is 0 Å². The molecule has 1 saturated carbocycles. The fourth-order valence-corrected chi connectivity index (χ4v) is 2.71. The van der Waals surface area contributed by atoms with Crippen LogP contribution in [0.4, 0.5) is 0 Å². The normalized spacial score (nSPS) is 30.4. The van der Waals surface area contributed by atoms with Crippen LogP contribution in [0.15, 0.2) is 16.8 Å². The van der Waals surface area contributed by atoms with Crippen LogP contribution in [0.5, 0.6) is 0 Å². The van der Waals surface area contributed by atoms with Crippen molar-refractivity contribution in [1.82, 2.24) is 0 Å². The van der Waals surface area contributed by atoms with Gasteiger partial charge in [-0.2, -0.15) is 11.3 Å². The van der Waals surface area contributed by atoms with Gasteiger partial charge >= 0.3 is 0 Å². The van der Waals surface area contributed by atoms with Crippen LogP contribution in [-0.2, 0) is 0 Å². The number of aliphatic hydroxyl groups excluding tert-OH is 1. The zero-order valence-corrected chi connectivity index (χ0v) is 7.89. The lowest BCUT2D eigenvalue weighted by Crippen LogP contribution is -2.21. The van der Waals surface area contributed by atoms with Gasteiger partial charge in [0.15, 0.2) is 0 Å². The minimum Gasteiger partial charge on any atom is -0.392 e. The third-order valence-electron chi connectivity index (χ3n) is 2.70. The molecule has 2 atom stereocenters. The Morgan fingerprint density at radius 1 is 1.33 bits per heavy atom. The summed E-state index contributed by atoms with van der Waals surface area (Å²) < 4.78 is 0. The Bertz CT molecular complexity index is 230. The van der Waals surface area contributed by atoms with Crippen LogP contribution in [0.25, 0.3) is 0 Å². The van der Waals surface area contributed by atoms with E-state index in [9.17, 15) is 5.11 Å². The van der Waals surface area contributed by atoms with Gasteiger partial charge in [-0.3, -0.25) is 0 Å². The maximum atomic E-state index is 9.75. The van der Waals surface area contributed by atoms with Crippen molar-refractivity contribution in [2.75, 3.05) is 0 Å². The van der Waals surface area contributed by atoms with Crippen molar-refractivity contribution in [3.05, 3.63) is 22.4 Å². The number of thiophene rings is 1. The molecule has 2 heteroatoms. The highest BCUT2D eigenvalue weighted by molar-refractivity contribution is 7.07. The van der Waals surface area contributed by atoms with Crippen LogP contribution < -0.4 is 0 Å². The summed E-state index contributed by atoms with van der Waals surface area (Å²) in [5.41, 5.74) is 1.34. The SMILES string of the molecule is OC1CCCCC1c1ccsc1. The Hall–Kier alpha value is -0.340. The van der Waals surface area contributed by atoms with Crippen molar-refractivity contribution in [2.24, 2.45) is 0 Å². The van der Waals surface area contributed by atoms with Crippen molar-refractivity contribution in [3.8, 4) is 0 Å². The third kappa shape index (κ3) is 1.54. The number of hydrogen-bond donors (Lipinski definition) is 1. The van der Waals surface area contributed by atoms with Crippen LogP contribution in [0.2, 0.25) is 0 Å². The van der Waals surface area contributed by atoms with Crippen LogP contribution in [0, 0.1) is 0 Å². The largest absolute Gasteiger partial charge is 0.392 e. The summed E-state index contributed by atoms with van der Waals surface area (Å²) in [5.74, 6) is 0.421. The quantitative estimate of drug-likeness (QED) is 0.708. The molecule has 0 spiro atoms. The molecule has 66 valence electrons. The fraction of sp³-hybridized carbons (Fsp3) is 0.600. The van der Waals surface area contributed by atoms with E-state index in [-0.39, 0.29) is 6.10 Å². The Morgan fingerprint density at radius 2 is 2.17 bits per heavy atom. The lowest BCUT2D eigenvalue weighted by Gasteiger charge is -2.26. The first-order chi connectivity index (χ1) is 5.88. The summed E-state index contributed by atoms with van der Waals surface area (Å²) in [7, 11) is 0. The van der Waals surface area contributed by atoms with E-state index in [1.165, 1.54) is 18.4 Å². The van der Waals surface area contributed by atoms with Gasteiger partial charge in [-0.15, -0.1) is 0 Å². The molecule has 1 aliphatic carbocycles. The number of aliphatic hydroxyl groups is 1. The smallest absolute Gasteiger partial charge is 0.0609 e. The standard InChI is InChI=1S/C10H14OS/c11-10-4-2-1-3-9(10)8-5-6-12-7-8/h5-7,9-11H,1-4H2. The third-order valence-corrected chi connectivity index (χ3v) is 3.40. The van der Waals surface area contributed by atoms with Crippen LogP contribution in [-0.4, -0.2) is 11.2 Å². The summed E-state index contributed by atoms with van der Waals surface area (Å²) in [5, 5.41) is 14.0. The molecule has 2 rings (SSSR count). The van der Waals surface area contributed by atoms with Crippen LogP contribution in [0.1, 0.15) is 37.2 Å². The predicted molar refractivity (Wildman–Crippen MR) is 51.5 cm³/mol. The van der Waals surface area contributed by atoms with Gasteiger partial charge in [0.1, 0.15) is 0 Å². The first-order valence-corrected chi connectivity index (χ1v) is 5.52. The summed E-state index contributed by atoms with van der Waals surface area (Å²) >= 11 is 1.72. The van der Waals surface area contributed by atoms with E-state index >= 15 is 0 Å². The van der Waals surface area contributed by atoms with E-state index in [4.69, 9.17) is 0 Å². The van der Waals surface area contributed by atoms with E-state index < -0.39 is 0 Å². The average Bonchev–Trinajstić information content (AvgIpc) is 2.57. The molecule has 0 amide bonds. The maximum absolute atomic E-state index is 9.75. The van der Waals surface area contributed by atoms with Gasteiger partial charge in [0.05, 0.1) is 6.10 Å². The molecule has 1 N–H and O–H groups in total. The Morgan fingerprint density at radius 3 is 2.83 bits per heavy atom. The average molecular weight is 182 g/mol. The lowest BCUT2D eigenvalue weighted by molar-refractivity contribution is 0.106. The summed E-state index contributed by atoms with van der Waals surface area (Å²) in [6.07, 6.45) is 4.53. The second kappa shape index (κ2) is 3.58. The summed E-state index contributed by atoms with van der Waals surface area (Å²) in [4.78, 5) is 0. The molecule has 0 aromatic carbocycles. The zero-order chi connectivity index (χ0) is 8.39. The van der Waals surface area contributed by atoms with E-state index in [0.29, 0.717) is 5.92 Å². The van der Waals surface area contributed by atoms with Gasteiger partial charge in [-0.1, -0.05) is 12.8 Å². The second-order valence-electron chi connectivity index (χ2n) is 3.51. The monoisotopic (exact) mass is 182 g/mol. The van der Waals surface area contributed by atoms with Crippen molar-refractivity contribution in [3.63, 3.8) is 0 Å². The molecule has 0 bridgehead atoms. The molecule has 1 heterocycles. The molecule has 1 fully saturated rings. The molecule has 0 saturated heterocycles. The van der Waals surface area contributed by atoms with Crippen LogP contribution >= 0.6 is 11.3 Å². The Kier molecular flexibility index (Phi) is 2.47. The molecular formula is C10H14OS. The molecule has 0 aliphatic heterocycles. The first-order valence-electron chi connectivity index (χ1n) is 4.58. The van der Waals surface area contributed by atoms with Crippen molar-refractivity contribution < 1.29 is 5.11 Å². The van der Waals surface area contributed by atoms with E-state index in [1.54, 1.807) is 11.3 Å². The highest BCUT2D eigenvalue weighted by atomic mass is 32.1. The Labute approximate surface area is 77.0 Å². The molecule has 12 heavy (non-hydrogen) atoms. The molecule has 1 aliphatic rings. The molecule has 0 radical (unpaired) electrons. The molecule has 2 unspecified atom stereocenters. The highest BCUT2D eigenvalue weighted by Gasteiger charge is 2.24. The molecular weight excluding hydrogens is 168 g/mol. The molecule has 1 aromatic rings. The fourth-order valence-electron chi connectivity index (χ4n) is 1.99. The van der Waals surface area contributed by atoms with Gasteiger partial charge < -0.3 is 5.11 Å². The van der Waals surface area contributed by atoms with E-state index in [1.807, 2.05) is 0 Å². The van der Waals surface area contributed by atoms with Gasteiger partial charge in [-0.25, -0.2) is 0 Å². The van der Waals surface area contributed by atoms with E-state index in [2.05, 4.69) is 16.8 Å². The maximum Gasteiger partial charge on any atom is 0.0609 e.